The molecule has 5 nitrogen and oxygen atoms in total. The minimum atomic E-state index is -0.505. The Labute approximate surface area is 167 Å². The van der Waals surface area contributed by atoms with E-state index in [4.69, 9.17) is 4.74 Å². The highest BCUT2D eigenvalue weighted by Crippen LogP contribution is 2.29. The molecule has 1 aliphatic carbocycles. The predicted molar refractivity (Wildman–Crippen MR) is 107 cm³/mol. The van der Waals surface area contributed by atoms with E-state index in [9.17, 15) is 14.0 Å². The van der Waals surface area contributed by atoms with Crippen molar-refractivity contribution in [1.82, 2.24) is 9.38 Å². The zero-order chi connectivity index (χ0) is 19.3. The number of hydrogen-bond acceptors (Lipinski definition) is 6. The molecule has 1 aromatic carbocycles. The van der Waals surface area contributed by atoms with Crippen molar-refractivity contribution in [3.63, 3.8) is 0 Å². The van der Waals surface area contributed by atoms with E-state index >= 15 is 0 Å². The number of esters is 1. The number of halogens is 1. The summed E-state index contributed by atoms with van der Waals surface area (Å²) in [6.45, 7) is -0.0737. The van der Waals surface area contributed by atoms with Crippen molar-refractivity contribution in [2.75, 3.05) is 0 Å². The maximum absolute atomic E-state index is 13.3. The lowest BCUT2D eigenvalue weighted by molar-refractivity contribution is 0.0473. The van der Waals surface area contributed by atoms with Gasteiger partial charge in [-0.25, -0.2) is 14.2 Å². The van der Waals surface area contributed by atoms with Gasteiger partial charge >= 0.3 is 5.97 Å². The largest absolute Gasteiger partial charge is 0.455 e. The lowest BCUT2D eigenvalue weighted by Gasteiger charge is -2.10. The average molecular weight is 414 g/mol. The number of carbonyl (C=O) groups excluding carboxylic acids is 1. The second-order valence-corrected chi connectivity index (χ2v) is 8.90. The fraction of sp³-hybridized carbons (Fsp3) is 0.250. The number of hydrogen-bond donors (Lipinski definition) is 0. The Balaban J connectivity index is 1.39. The summed E-state index contributed by atoms with van der Waals surface area (Å²) < 4.78 is 21.2. The van der Waals surface area contributed by atoms with Crippen molar-refractivity contribution in [1.29, 1.82) is 0 Å². The van der Waals surface area contributed by atoms with Gasteiger partial charge in [0, 0.05) is 21.3 Å². The van der Waals surface area contributed by atoms with Gasteiger partial charge in [0.15, 0.2) is 4.96 Å². The second kappa shape index (κ2) is 6.79. The first-order valence-corrected chi connectivity index (χ1v) is 10.6. The second-order valence-electron chi connectivity index (χ2n) is 6.75. The molecule has 0 aliphatic heterocycles. The molecular formula is C20H15FN2O3S2. The maximum atomic E-state index is 13.3. The highest BCUT2D eigenvalue weighted by atomic mass is 32.1. The van der Waals surface area contributed by atoms with Gasteiger partial charge in [0.05, 0.1) is 5.69 Å². The van der Waals surface area contributed by atoms with E-state index in [1.807, 2.05) is 0 Å². The van der Waals surface area contributed by atoms with Crippen LogP contribution in [0.25, 0.3) is 15.0 Å². The zero-order valence-corrected chi connectivity index (χ0v) is 16.4. The molecule has 5 rings (SSSR count). The highest BCUT2D eigenvalue weighted by Gasteiger charge is 2.19. The van der Waals surface area contributed by atoms with Crippen LogP contribution in [0, 0.1) is 5.82 Å². The number of benzene rings is 1. The summed E-state index contributed by atoms with van der Waals surface area (Å²) in [5.74, 6) is -0.851. The van der Waals surface area contributed by atoms with Gasteiger partial charge in [-0.05, 0) is 55.3 Å². The smallest absolute Gasteiger partial charge is 0.348 e. The molecule has 0 amide bonds. The molecule has 1 aliphatic rings. The third-order valence-electron chi connectivity index (χ3n) is 4.85. The Bertz CT molecular complexity index is 1290. The molecule has 0 atom stereocenters. The Morgan fingerprint density at radius 3 is 2.93 bits per heavy atom. The number of rotatable bonds is 3. The number of fused-ring (bicyclic) bond motifs is 4. The average Bonchev–Trinajstić information content (AvgIpc) is 3.26. The van der Waals surface area contributed by atoms with Crippen LogP contribution in [0.1, 0.15) is 38.8 Å². The number of nitrogens with zero attached hydrogens (tertiary/aromatic N) is 2. The van der Waals surface area contributed by atoms with Crippen LogP contribution in [0.3, 0.4) is 0 Å². The predicted octanol–water partition coefficient (Wildman–Crippen LogP) is 4.35. The molecule has 0 saturated heterocycles. The van der Waals surface area contributed by atoms with Crippen LogP contribution >= 0.6 is 22.7 Å². The van der Waals surface area contributed by atoms with E-state index < -0.39 is 5.97 Å². The molecule has 4 aromatic rings. The first-order valence-electron chi connectivity index (χ1n) is 8.98. The van der Waals surface area contributed by atoms with Gasteiger partial charge in [-0.2, -0.15) is 0 Å². The van der Waals surface area contributed by atoms with Crippen LogP contribution in [0.4, 0.5) is 4.39 Å². The topological polar surface area (TPSA) is 60.7 Å². The van der Waals surface area contributed by atoms with Gasteiger partial charge < -0.3 is 4.74 Å². The van der Waals surface area contributed by atoms with E-state index in [0.29, 0.717) is 20.9 Å². The SMILES string of the molecule is O=C(OCc1cc(=O)n2c3c(sc2n1)CCCC3)c1cc2cc(F)ccc2s1. The van der Waals surface area contributed by atoms with Crippen molar-refractivity contribution >= 4 is 43.7 Å². The lowest BCUT2D eigenvalue weighted by atomic mass is 10.0. The number of ether oxygens (including phenoxy) is 1. The van der Waals surface area contributed by atoms with Crippen molar-refractivity contribution < 1.29 is 13.9 Å². The summed E-state index contributed by atoms with van der Waals surface area (Å²) in [7, 11) is 0. The molecule has 8 heteroatoms. The minimum Gasteiger partial charge on any atom is -0.455 e. The van der Waals surface area contributed by atoms with Crippen LogP contribution in [-0.2, 0) is 24.2 Å². The number of aromatic nitrogens is 2. The third kappa shape index (κ3) is 3.02. The molecule has 0 spiro atoms. The van der Waals surface area contributed by atoms with E-state index in [0.717, 1.165) is 36.1 Å². The van der Waals surface area contributed by atoms with Crippen molar-refractivity contribution in [3.8, 4) is 0 Å². The zero-order valence-electron chi connectivity index (χ0n) is 14.7. The highest BCUT2D eigenvalue weighted by molar-refractivity contribution is 7.20. The third-order valence-corrected chi connectivity index (χ3v) is 7.08. The summed E-state index contributed by atoms with van der Waals surface area (Å²) in [5.41, 5.74) is 1.38. The Kier molecular flexibility index (Phi) is 4.25. The number of thiazole rings is 1. The van der Waals surface area contributed by atoms with E-state index in [-0.39, 0.29) is 18.0 Å². The maximum Gasteiger partial charge on any atom is 0.348 e. The van der Waals surface area contributed by atoms with Gasteiger partial charge in [0.1, 0.15) is 17.3 Å². The van der Waals surface area contributed by atoms with Crippen LogP contribution < -0.4 is 5.56 Å². The molecule has 142 valence electrons. The molecule has 0 bridgehead atoms. The molecule has 3 heterocycles. The molecule has 0 N–H and O–H groups in total. The first kappa shape index (κ1) is 17.5. The fourth-order valence-corrected chi connectivity index (χ4v) is 5.71. The van der Waals surface area contributed by atoms with Gasteiger partial charge in [-0.3, -0.25) is 9.20 Å². The normalized spacial score (nSPS) is 13.8. The quantitative estimate of drug-likeness (QED) is 0.468. The van der Waals surface area contributed by atoms with Crippen LogP contribution in [0.5, 0.6) is 0 Å². The molecule has 0 saturated carbocycles. The van der Waals surface area contributed by atoms with E-state index in [1.54, 1.807) is 27.9 Å². The van der Waals surface area contributed by atoms with Gasteiger partial charge in [-0.15, -0.1) is 22.7 Å². The van der Waals surface area contributed by atoms with Gasteiger partial charge in [0.2, 0.25) is 0 Å². The molecule has 0 unspecified atom stereocenters. The van der Waals surface area contributed by atoms with Crippen molar-refractivity contribution in [2.24, 2.45) is 0 Å². The molecule has 0 fully saturated rings. The Hall–Kier alpha value is -2.58. The number of carbonyl (C=O) groups is 1. The fourth-order valence-electron chi connectivity index (χ4n) is 3.54. The van der Waals surface area contributed by atoms with Crippen LogP contribution in [0.15, 0.2) is 35.1 Å². The summed E-state index contributed by atoms with van der Waals surface area (Å²) in [6, 6.07) is 7.44. The molecule has 0 radical (unpaired) electrons. The van der Waals surface area contributed by atoms with Crippen LogP contribution in [0.2, 0.25) is 0 Å². The molecule has 28 heavy (non-hydrogen) atoms. The molecule has 3 aromatic heterocycles. The van der Waals surface area contributed by atoms with Crippen molar-refractivity contribution in [3.05, 3.63) is 67.6 Å². The number of aryl methyl sites for hydroxylation is 2. The summed E-state index contributed by atoms with van der Waals surface area (Å²) >= 11 is 2.79. The van der Waals surface area contributed by atoms with Crippen molar-refractivity contribution in [2.45, 2.75) is 32.3 Å². The summed E-state index contributed by atoms with van der Waals surface area (Å²) in [5, 5.41) is 0.666. The minimum absolute atomic E-state index is 0.0737. The van der Waals surface area contributed by atoms with Gasteiger partial charge in [-0.1, -0.05) is 0 Å². The monoisotopic (exact) mass is 414 g/mol. The molecular weight excluding hydrogens is 399 g/mol. The van der Waals surface area contributed by atoms with E-state index in [1.165, 1.54) is 34.4 Å². The first-order chi connectivity index (χ1) is 13.6. The van der Waals surface area contributed by atoms with E-state index in [2.05, 4.69) is 4.98 Å². The summed E-state index contributed by atoms with van der Waals surface area (Å²) in [4.78, 5) is 31.7. The number of thiophene rings is 1. The summed E-state index contributed by atoms with van der Waals surface area (Å²) in [6.07, 6.45) is 4.11. The lowest BCUT2D eigenvalue weighted by Crippen LogP contribution is -2.18. The van der Waals surface area contributed by atoms with Gasteiger partial charge in [0.25, 0.3) is 5.56 Å². The standard InChI is InChI=1S/C20H15FN2O3S2/c21-12-5-6-15-11(7-12)8-17(27-15)19(25)26-10-13-9-18(24)23-14-3-1-2-4-16(14)28-20(23)22-13/h5-9H,1-4,10H2. The Morgan fingerprint density at radius 1 is 1.18 bits per heavy atom. The Morgan fingerprint density at radius 2 is 2.04 bits per heavy atom. The van der Waals surface area contributed by atoms with Crippen LogP contribution in [-0.4, -0.2) is 15.4 Å².